The lowest BCUT2D eigenvalue weighted by atomic mass is 9.92. The Kier molecular flexibility index (Phi) is 10.1. The molecule has 67 heavy (non-hydrogen) atoms. The van der Waals surface area contributed by atoms with Gasteiger partial charge in [0.05, 0.1) is 22.3 Å². The summed E-state index contributed by atoms with van der Waals surface area (Å²) in [7, 11) is 0. The Morgan fingerprint density at radius 1 is 0.299 bits per heavy atom. The summed E-state index contributed by atoms with van der Waals surface area (Å²) in [6, 6.07) is 76.9. The minimum Gasteiger partial charge on any atom is -0.504 e. The average molecular weight is 871 g/mol. The van der Waals surface area contributed by atoms with Crippen molar-refractivity contribution in [2.45, 2.75) is 0 Å². The SMILES string of the molecule is Oc1c(O)c(O)c(-c2ccccc2-c2cccc(-n3c4ccccc4c4ccc(-c5ccccc5N(c5cccc(-c6ccccc6)c5)c5cccc(-c6ccccc6)c5)cc43)c2)c(O)c1O. The minimum atomic E-state index is -1.01. The van der Waals surface area contributed by atoms with E-state index in [0.717, 1.165) is 83.5 Å². The summed E-state index contributed by atoms with van der Waals surface area (Å²) in [5.41, 5.74) is 14.0. The normalized spacial score (nSPS) is 11.3. The first kappa shape index (κ1) is 40.6. The molecule has 0 amide bonds. The van der Waals surface area contributed by atoms with E-state index in [4.69, 9.17) is 0 Å². The van der Waals surface area contributed by atoms with E-state index < -0.39 is 28.7 Å². The van der Waals surface area contributed by atoms with Gasteiger partial charge in [0.2, 0.25) is 17.2 Å². The largest absolute Gasteiger partial charge is 0.504 e. The number of rotatable bonds is 9. The van der Waals surface area contributed by atoms with Crippen molar-refractivity contribution in [1.82, 2.24) is 4.57 Å². The maximum absolute atomic E-state index is 11.0. The van der Waals surface area contributed by atoms with Gasteiger partial charge in [-0.15, -0.1) is 0 Å². The molecule has 0 radical (unpaired) electrons. The lowest BCUT2D eigenvalue weighted by Gasteiger charge is -2.29. The summed E-state index contributed by atoms with van der Waals surface area (Å²) in [5, 5.41) is 55.3. The fourth-order valence-electron chi connectivity index (χ4n) is 9.37. The van der Waals surface area contributed by atoms with Gasteiger partial charge < -0.3 is 35.0 Å². The van der Waals surface area contributed by atoms with E-state index in [1.165, 1.54) is 0 Å². The van der Waals surface area contributed by atoms with Crippen LogP contribution < -0.4 is 4.90 Å². The van der Waals surface area contributed by atoms with E-state index in [2.05, 4.69) is 167 Å². The standard InChI is InChI=1S/C60H42N2O5/c63-56-55(57(64)59(66)60(67)58(56)65)51-29-8-7-26-47(51)42-22-15-25-46(36-42)62-53-31-12-10-28-49(53)50-33-32-43(37-54(50)62)48-27-9-11-30-52(48)61(44-23-13-20-40(34-44)38-16-3-1-4-17-38)45-24-14-21-41(35-45)39-18-5-2-6-19-39/h1-37,63-67H. The Morgan fingerprint density at radius 2 is 0.776 bits per heavy atom. The van der Waals surface area contributed by atoms with Gasteiger partial charge in [-0.25, -0.2) is 0 Å². The third-order valence-corrected chi connectivity index (χ3v) is 12.5. The molecule has 7 nitrogen and oxygen atoms in total. The second-order valence-electron chi connectivity index (χ2n) is 16.5. The van der Waals surface area contributed by atoms with Crippen LogP contribution in [0.4, 0.5) is 17.1 Å². The van der Waals surface area contributed by atoms with Gasteiger partial charge in [-0.3, -0.25) is 0 Å². The highest BCUT2D eigenvalue weighted by Crippen LogP contribution is 2.56. The lowest BCUT2D eigenvalue weighted by Crippen LogP contribution is -2.11. The molecule has 0 bridgehead atoms. The van der Waals surface area contributed by atoms with Crippen LogP contribution in [0.15, 0.2) is 224 Å². The van der Waals surface area contributed by atoms with Gasteiger partial charge in [0.1, 0.15) is 0 Å². The van der Waals surface area contributed by atoms with Crippen molar-refractivity contribution in [3.8, 4) is 90.1 Å². The first-order valence-electron chi connectivity index (χ1n) is 22.0. The van der Waals surface area contributed by atoms with E-state index in [1.807, 2.05) is 54.6 Å². The summed E-state index contributed by atoms with van der Waals surface area (Å²) < 4.78 is 2.25. The molecule has 5 N–H and O–H groups in total. The first-order chi connectivity index (χ1) is 32.8. The number of anilines is 3. The molecule has 0 aliphatic rings. The summed E-state index contributed by atoms with van der Waals surface area (Å²) in [6.07, 6.45) is 0. The maximum atomic E-state index is 11.0. The molecular weight excluding hydrogens is 829 g/mol. The van der Waals surface area contributed by atoms with Crippen molar-refractivity contribution < 1.29 is 25.5 Å². The topological polar surface area (TPSA) is 109 Å². The van der Waals surface area contributed by atoms with Crippen LogP contribution in [0.2, 0.25) is 0 Å². The lowest BCUT2D eigenvalue weighted by molar-refractivity contribution is 0.330. The van der Waals surface area contributed by atoms with Gasteiger partial charge in [0.25, 0.3) is 0 Å². The van der Waals surface area contributed by atoms with E-state index in [-0.39, 0.29) is 5.56 Å². The summed E-state index contributed by atoms with van der Waals surface area (Å²) in [6.45, 7) is 0. The maximum Gasteiger partial charge on any atom is 0.208 e. The third kappa shape index (κ3) is 7.12. The van der Waals surface area contributed by atoms with Crippen LogP contribution in [0, 0.1) is 0 Å². The van der Waals surface area contributed by atoms with Crippen molar-refractivity contribution in [1.29, 1.82) is 0 Å². The number of benzene rings is 10. The van der Waals surface area contributed by atoms with Gasteiger partial charge in [-0.2, -0.15) is 0 Å². The van der Waals surface area contributed by atoms with Crippen LogP contribution in [0.1, 0.15) is 0 Å². The highest BCUT2D eigenvalue weighted by atomic mass is 16.4. The smallest absolute Gasteiger partial charge is 0.208 e. The molecule has 11 rings (SSSR count). The molecule has 0 fully saturated rings. The van der Waals surface area contributed by atoms with Crippen molar-refractivity contribution in [2.75, 3.05) is 4.90 Å². The number of nitrogens with zero attached hydrogens (tertiary/aromatic N) is 2. The van der Waals surface area contributed by atoms with E-state index in [0.29, 0.717) is 11.1 Å². The van der Waals surface area contributed by atoms with Gasteiger partial charge >= 0.3 is 0 Å². The molecule has 0 unspecified atom stereocenters. The Labute approximate surface area is 386 Å². The van der Waals surface area contributed by atoms with E-state index in [9.17, 15) is 25.5 Å². The molecule has 7 heteroatoms. The Hall–Kier alpha value is -9.20. The molecule has 10 aromatic carbocycles. The van der Waals surface area contributed by atoms with Crippen molar-refractivity contribution in [3.05, 3.63) is 224 Å². The molecule has 0 aliphatic heterocycles. The highest BCUT2D eigenvalue weighted by molar-refractivity contribution is 6.11. The van der Waals surface area contributed by atoms with Gasteiger partial charge in [-0.1, -0.05) is 170 Å². The molecule has 1 aromatic heterocycles. The number of para-hydroxylation sites is 2. The number of hydrogen-bond donors (Lipinski definition) is 5. The third-order valence-electron chi connectivity index (χ3n) is 12.5. The number of phenols is 5. The number of hydrogen-bond acceptors (Lipinski definition) is 6. The molecule has 322 valence electrons. The molecule has 1 heterocycles. The second kappa shape index (κ2) is 16.7. The molecule has 0 atom stereocenters. The summed E-state index contributed by atoms with van der Waals surface area (Å²) in [4.78, 5) is 2.35. The fraction of sp³-hybridized carbons (Fsp3) is 0. The molecule has 0 saturated heterocycles. The van der Waals surface area contributed by atoms with Crippen LogP contribution in [-0.2, 0) is 0 Å². The summed E-state index contributed by atoms with van der Waals surface area (Å²) >= 11 is 0. The van der Waals surface area contributed by atoms with E-state index >= 15 is 0 Å². The van der Waals surface area contributed by atoms with Crippen molar-refractivity contribution in [2.24, 2.45) is 0 Å². The molecule has 0 aliphatic carbocycles. The molecular formula is C60H42N2O5. The predicted molar refractivity (Wildman–Crippen MR) is 271 cm³/mol. The van der Waals surface area contributed by atoms with Crippen molar-refractivity contribution in [3.63, 3.8) is 0 Å². The van der Waals surface area contributed by atoms with Crippen LogP contribution in [0.3, 0.4) is 0 Å². The highest BCUT2D eigenvalue weighted by Gasteiger charge is 2.26. The zero-order valence-electron chi connectivity index (χ0n) is 36.0. The van der Waals surface area contributed by atoms with Crippen LogP contribution >= 0.6 is 0 Å². The van der Waals surface area contributed by atoms with Crippen LogP contribution in [0.5, 0.6) is 28.7 Å². The average Bonchev–Trinajstić information content (AvgIpc) is 3.72. The Balaban J connectivity index is 1.09. The Bertz CT molecular complexity index is 3540. The fourth-order valence-corrected chi connectivity index (χ4v) is 9.37. The monoisotopic (exact) mass is 870 g/mol. The van der Waals surface area contributed by atoms with Gasteiger partial charge in [-0.05, 0) is 99.1 Å². The molecule has 0 saturated carbocycles. The van der Waals surface area contributed by atoms with Gasteiger partial charge in [0, 0.05) is 33.4 Å². The van der Waals surface area contributed by atoms with Crippen LogP contribution in [0.25, 0.3) is 83.1 Å². The zero-order valence-corrected chi connectivity index (χ0v) is 36.0. The number of aromatic nitrogens is 1. The molecule has 0 spiro atoms. The number of aromatic hydroxyl groups is 5. The van der Waals surface area contributed by atoms with Gasteiger partial charge in [0.15, 0.2) is 11.5 Å². The zero-order chi connectivity index (χ0) is 45.6. The van der Waals surface area contributed by atoms with Crippen molar-refractivity contribution >= 4 is 38.9 Å². The number of phenolic OH excluding ortho intramolecular Hbond substituents is 5. The number of fused-ring (bicyclic) bond motifs is 3. The van der Waals surface area contributed by atoms with E-state index in [1.54, 1.807) is 12.1 Å². The van der Waals surface area contributed by atoms with Crippen LogP contribution in [-0.4, -0.2) is 30.1 Å². The predicted octanol–water partition coefficient (Wildman–Crippen LogP) is 15.1. The quantitative estimate of drug-likeness (QED) is 0.0730. The minimum absolute atomic E-state index is 0.207. The first-order valence-corrected chi connectivity index (χ1v) is 22.0. The summed E-state index contributed by atoms with van der Waals surface area (Å²) in [5.74, 6) is -4.37. The molecule has 11 aromatic rings. The second-order valence-corrected chi connectivity index (χ2v) is 16.5. The Morgan fingerprint density at radius 3 is 1.43 bits per heavy atom.